The molecule has 4 rings (SSSR count). The molecule has 9 nitrogen and oxygen atoms in total. The number of ether oxygens (including phenoxy) is 1. The lowest BCUT2D eigenvalue weighted by Crippen LogP contribution is -2.55. The van der Waals surface area contributed by atoms with Crippen molar-refractivity contribution in [3.63, 3.8) is 0 Å². The van der Waals surface area contributed by atoms with E-state index in [0.717, 1.165) is 22.3 Å². The number of carboxylic acids is 1. The fourth-order valence-corrected chi connectivity index (χ4v) is 4.72. The van der Waals surface area contributed by atoms with Crippen molar-refractivity contribution < 1.29 is 29.3 Å². The second kappa shape index (κ2) is 10.2. The Morgan fingerprint density at radius 2 is 1.71 bits per heavy atom. The molecular weight excluding hydrogens is 470 g/mol. The second-order valence-corrected chi connectivity index (χ2v) is 9.37. The highest BCUT2D eigenvalue weighted by molar-refractivity contribution is 7.09. The maximum Gasteiger partial charge on any atom is 0.407 e. The molecule has 1 unspecified atom stereocenters. The number of alkyl carbamates (subject to hydrolysis) is 1. The highest BCUT2D eigenvalue weighted by Gasteiger charge is 2.34. The van der Waals surface area contributed by atoms with Crippen LogP contribution in [0.5, 0.6) is 0 Å². The van der Waals surface area contributed by atoms with Crippen molar-refractivity contribution in [1.29, 1.82) is 0 Å². The minimum atomic E-state index is -1.76. The Hall–Kier alpha value is -3.76. The standard InChI is InChI=1S/C25H25N3O6S/c1-25(14-29,23(31)32)28-21(30)10-15-13-35-22(27-15)11-26-24(33)34-12-20-18-8-4-2-6-16(18)17-7-3-5-9-19(17)20/h2-9,13,20,29H,10-12,14H2,1H3,(H,26,33)(H,28,30)(H,31,32). The van der Waals surface area contributed by atoms with Crippen LogP contribution in [0, 0.1) is 0 Å². The zero-order chi connectivity index (χ0) is 25.0. The molecule has 0 spiro atoms. The van der Waals surface area contributed by atoms with E-state index in [4.69, 9.17) is 9.84 Å². The van der Waals surface area contributed by atoms with Crippen molar-refractivity contribution in [1.82, 2.24) is 15.6 Å². The first-order chi connectivity index (χ1) is 16.8. The van der Waals surface area contributed by atoms with Crippen molar-refractivity contribution >= 4 is 29.3 Å². The van der Waals surface area contributed by atoms with Crippen molar-refractivity contribution in [3.05, 3.63) is 75.7 Å². The van der Waals surface area contributed by atoms with Crippen molar-refractivity contribution in [2.24, 2.45) is 0 Å². The van der Waals surface area contributed by atoms with Crippen LogP contribution < -0.4 is 10.6 Å². The van der Waals surface area contributed by atoms with Crippen LogP contribution in [0.1, 0.15) is 34.7 Å². The highest BCUT2D eigenvalue weighted by Crippen LogP contribution is 2.44. The zero-order valence-electron chi connectivity index (χ0n) is 19.0. The van der Waals surface area contributed by atoms with Gasteiger partial charge in [-0.05, 0) is 29.2 Å². The summed E-state index contributed by atoms with van der Waals surface area (Å²) in [5.74, 6) is -1.95. The Balaban J connectivity index is 1.28. The minimum absolute atomic E-state index is 0.0338. The van der Waals surface area contributed by atoms with Crippen LogP contribution in [0.4, 0.5) is 4.79 Å². The number of aliphatic carboxylic acids is 1. The van der Waals surface area contributed by atoms with Gasteiger partial charge in [-0.2, -0.15) is 0 Å². The smallest absolute Gasteiger partial charge is 0.407 e. The third-order valence-corrected chi connectivity index (χ3v) is 6.77. The number of carbonyl (C=O) groups is 3. The number of hydrogen-bond donors (Lipinski definition) is 4. The molecule has 2 aromatic carbocycles. The topological polar surface area (TPSA) is 138 Å². The zero-order valence-corrected chi connectivity index (χ0v) is 19.8. The first kappa shape index (κ1) is 24.4. The average Bonchev–Trinajstić information content (AvgIpc) is 3.43. The van der Waals surface area contributed by atoms with Gasteiger partial charge in [0.15, 0.2) is 5.54 Å². The molecule has 182 valence electrons. The average molecular weight is 496 g/mol. The number of nitrogens with one attached hydrogen (secondary N) is 2. The van der Waals surface area contributed by atoms with Gasteiger partial charge in [0.2, 0.25) is 5.91 Å². The molecule has 1 atom stereocenters. The van der Waals surface area contributed by atoms with Gasteiger partial charge in [0, 0.05) is 11.3 Å². The summed E-state index contributed by atoms with van der Waals surface area (Å²) < 4.78 is 5.51. The van der Waals surface area contributed by atoms with Crippen LogP contribution in [0.25, 0.3) is 11.1 Å². The first-order valence-electron chi connectivity index (χ1n) is 11.0. The molecule has 2 amide bonds. The van der Waals surface area contributed by atoms with Crippen LogP contribution in [0.15, 0.2) is 53.9 Å². The largest absolute Gasteiger partial charge is 0.479 e. The third-order valence-electron chi connectivity index (χ3n) is 5.87. The molecule has 4 N–H and O–H groups in total. The molecule has 1 aromatic heterocycles. The number of carbonyl (C=O) groups excluding carboxylic acids is 2. The summed E-state index contributed by atoms with van der Waals surface area (Å²) in [7, 11) is 0. The van der Waals surface area contributed by atoms with Gasteiger partial charge in [-0.3, -0.25) is 4.79 Å². The Morgan fingerprint density at radius 3 is 2.31 bits per heavy atom. The predicted octanol–water partition coefficient (Wildman–Crippen LogP) is 2.68. The number of thiazole rings is 1. The van der Waals surface area contributed by atoms with Crippen LogP contribution in [0.3, 0.4) is 0 Å². The highest BCUT2D eigenvalue weighted by atomic mass is 32.1. The number of aromatic nitrogens is 1. The van der Waals surface area contributed by atoms with Crippen molar-refractivity contribution in [3.8, 4) is 11.1 Å². The number of aliphatic hydroxyl groups excluding tert-OH is 1. The van der Waals surface area contributed by atoms with E-state index in [0.29, 0.717) is 10.7 Å². The summed E-state index contributed by atoms with van der Waals surface area (Å²) in [6, 6.07) is 16.2. The molecule has 1 aliphatic carbocycles. The maximum absolute atomic E-state index is 12.3. The summed E-state index contributed by atoms with van der Waals surface area (Å²) in [6.07, 6.45) is -0.717. The number of fused-ring (bicyclic) bond motifs is 3. The van der Waals surface area contributed by atoms with E-state index < -0.39 is 30.1 Å². The Kier molecular flexibility index (Phi) is 7.13. The number of hydrogen-bond acceptors (Lipinski definition) is 7. The molecule has 1 heterocycles. The van der Waals surface area contributed by atoms with Crippen LogP contribution in [0.2, 0.25) is 0 Å². The summed E-state index contributed by atoms with van der Waals surface area (Å²) in [5, 5.41) is 25.6. The van der Waals surface area contributed by atoms with Crippen molar-refractivity contribution in [2.75, 3.05) is 13.2 Å². The maximum atomic E-state index is 12.3. The third kappa shape index (κ3) is 5.33. The lowest BCUT2D eigenvalue weighted by Gasteiger charge is -2.23. The normalized spacial score (nSPS) is 13.9. The molecule has 1 aliphatic rings. The van der Waals surface area contributed by atoms with Gasteiger partial charge in [0.05, 0.1) is 25.3 Å². The molecule has 35 heavy (non-hydrogen) atoms. The van der Waals surface area contributed by atoms with E-state index in [9.17, 15) is 19.5 Å². The van der Waals surface area contributed by atoms with E-state index in [2.05, 4.69) is 27.8 Å². The van der Waals surface area contributed by atoms with E-state index in [-0.39, 0.29) is 25.5 Å². The van der Waals surface area contributed by atoms with E-state index in [1.54, 1.807) is 5.38 Å². The number of nitrogens with zero attached hydrogens (tertiary/aromatic N) is 1. The first-order valence-corrected chi connectivity index (χ1v) is 11.9. The number of benzene rings is 2. The molecule has 0 bridgehead atoms. The molecule has 0 saturated heterocycles. The fourth-order valence-electron chi connectivity index (χ4n) is 3.99. The number of rotatable bonds is 9. The lowest BCUT2D eigenvalue weighted by molar-refractivity contribution is -0.148. The van der Waals surface area contributed by atoms with Crippen LogP contribution >= 0.6 is 11.3 Å². The van der Waals surface area contributed by atoms with Gasteiger partial charge in [0.25, 0.3) is 0 Å². The Labute approximate surface area is 205 Å². The quantitative estimate of drug-likeness (QED) is 0.358. The number of aliphatic hydroxyl groups is 1. The fraction of sp³-hybridized carbons (Fsp3) is 0.280. The predicted molar refractivity (Wildman–Crippen MR) is 129 cm³/mol. The molecule has 10 heteroatoms. The minimum Gasteiger partial charge on any atom is -0.479 e. The lowest BCUT2D eigenvalue weighted by atomic mass is 9.98. The Bertz CT molecular complexity index is 1210. The number of carboxylic acid groups (broad SMARTS) is 1. The Morgan fingerprint density at radius 1 is 1.09 bits per heavy atom. The van der Waals surface area contributed by atoms with Crippen LogP contribution in [-0.4, -0.2) is 51.9 Å². The summed E-state index contributed by atoms with van der Waals surface area (Å²) in [4.78, 5) is 40.0. The summed E-state index contributed by atoms with van der Waals surface area (Å²) >= 11 is 1.26. The van der Waals surface area contributed by atoms with Gasteiger partial charge in [-0.15, -0.1) is 11.3 Å². The van der Waals surface area contributed by atoms with Gasteiger partial charge in [0.1, 0.15) is 11.6 Å². The number of amides is 2. The molecule has 0 fully saturated rings. The van der Waals surface area contributed by atoms with E-state index in [1.165, 1.54) is 18.3 Å². The van der Waals surface area contributed by atoms with Gasteiger partial charge < -0.3 is 25.6 Å². The van der Waals surface area contributed by atoms with E-state index in [1.807, 2.05) is 36.4 Å². The molecular formula is C25H25N3O6S. The second-order valence-electron chi connectivity index (χ2n) is 8.43. The summed E-state index contributed by atoms with van der Waals surface area (Å²) in [5.41, 5.74) is 3.23. The van der Waals surface area contributed by atoms with Gasteiger partial charge in [-0.25, -0.2) is 14.6 Å². The monoisotopic (exact) mass is 495 g/mol. The van der Waals surface area contributed by atoms with Gasteiger partial charge >= 0.3 is 12.1 Å². The molecule has 3 aromatic rings. The SMILES string of the molecule is CC(CO)(NC(=O)Cc1csc(CNC(=O)OCC2c3ccccc3-c3ccccc32)n1)C(=O)O. The molecule has 0 radical (unpaired) electrons. The molecule has 0 saturated carbocycles. The summed E-state index contributed by atoms with van der Waals surface area (Å²) in [6.45, 7) is 0.821. The van der Waals surface area contributed by atoms with E-state index >= 15 is 0 Å². The van der Waals surface area contributed by atoms with Crippen LogP contribution in [-0.2, 0) is 27.3 Å². The van der Waals surface area contributed by atoms with Gasteiger partial charge in [-0.1, -0.05) is 48.5 Å². The molecule has 0 aliphatic heterocycles. The van der Waals surface area contributed by atoms with Crippen molar-refractivity contribution in [2.45, 2.75) is 31.3 Å².